The predicted molar refractivity (Wildman–Crippen MR) is 171 cm³/mol. The number of nitrogens with one attached hydrogen (secondary N) is 2. The van der Waals surface area contributed by atoms with E-state index < -0.39 is 23.1 Å². The molecule has 2 heterocycles. The van der Waals surface area contributed by atoms with E-state index >= 15 is 0 Å². The summed E-state index contributed by atoms with van der Waals surface area (Å²) in [6.07, 6.45) is 5.10. The van der Waals surface area contributed by atoms with Crippen molar-refractivity contribution < 1.29 is 15.0 Å². The van der Waals surface area contributed by atoms with Crippen LogP contribution in [0.5, 0.6) is 11.5 Å². The normalized spacial score (nSPS) is 13.2. The Hall–Kier alpha value is -5.23. The van der Waals surface area contributed by atoms with E-state index in [0.29, 0.717) is 30.5 Å². The quantitative estimate of drug-likeness (QED) is 0.0979. The van der Waals surface area contributed by atoms with E-state index in [1.54, 1.807) is 0 Å². The van der Waals surface area contributed by atoms with Crippen molar-refractivity contribution in [3.63, 3.8) is 0 Å². The number of carbonyl (C=O) groups is 1. The first kappa shape index (κ1) is 30.2. The number of nitrogens with zero attached hydrogens (tertiary/aromatic N) is 5. The maximum absolute atomic E-state index is 13.3. The van der Waals surface area contributed by atoms with Gasteiger partial charge in [0.15, 0.2) is 11.5 Å². The summed E-state index contributed by atoms with van der Waals surface area (Å²) in [7, 11) is 4.05. The van der Waals surface area contributed by atoms with Crippen LogP contribution in [0.3, 0.4) is 0 Å². The number of nitrogens with two attached hydrogens (primary N) is 1. The molecule has 1 saturated carbocycles. The summed E-state index contributed by atoms with van der Waals surface area (Å²) >= 11 is 0. The maximum atomic E-state index is 13.3. The number of aromatic nitrogens is 3. The van der Waals surface area contributed by atoms with Crippen molar-refractivity contribution in [2.45, 2.75) is 25.8 Å². The third-order valence-electron chi connectivity index (χ3n) is 7.19. The number of rotatable bonds is 11. The van der Waals surface area contributed by atoms with Gasteiger partial charge in [-0.05, 0) is 75.1 Å². The van der Waals surface area contributed by atoms with E-state index in [-0.39, 0.29) is 11.4 Å². The van der Waals surface area contributed by atoms with Crippen LogP contribution in [-0.4, -0.2) is 68.9 Å². The Morgan fingerprint density at radius 2 is 1.70 bits per heavy atom. The van der Waals surface area contributed by atoms with Crippen LogP contribution in [-0.2, 0) is 6.54 Å². The first-order valence-corrected chi connectivity index (χ1v) is 14.4. The van der Waals surface area contributed by atoms with Crippen molar-refractivity contribution in [3.05, 3.63) is 82.9 Å². The van der Waals surface area contributed by atoms with Gasteiger partial charge in [-0.15, -0.1) is 0 Å². The number of pyridine rings is 1. The third kappa shape index (κ3) is 7.58. The molecule has 1 aliphatic carbocycles. The first-order valence-electron chi connectivity index (χ1n) is 14.4. The van der Waals surface area contributed by atoms with Gasteiger partial charge in [0.05, 0.1) is 18.1 Å². The van der Waals surface area contributed by atoms with Gasteiger partial charge in [0.2, 0.25) is 0 Å². The van der Waals surface area contributed by atoms with Crippen molar-refractivity contribution in [3.8, 4) is 33.9 Å². The smallest absolute Gasteiger partial charge is 0.324 e. The minimum Gasteiger partial charge on any atom is -0.504 e. The molecule has 0 radical (unpaired) electrons. The maximum Gasteiger partial charge on any atom is 0.324 e. The summed E-state index contributed by atoms with van der Waals surface area (Å²) in [5.41, 5.74) is 9.56. The van der Waals surface area contributed by atoms with Crippen LogP contribution in [0, 0.1) is 5.92 Å². The number of carbonyl (C=O) groups excluding carboxylic acids is 1. The largest absolute Gasteiger partial charge is 0.504 e. The molecular weight excluding hydrogens is 560 g/mol. The van der Waals surface area contributed by atoms with Gasteiger partial charge in [-0.1, -0.05) is 36.4 Å². The monoisotopic (exact) mass is 596 g/mol. The minimum absolute atomic E-state index is 0.00633. The molecule has 0 saturated heterocycles. The molecule has 0 atom stereocenters. The molecule has 4 aromatic rings. The Morgan fingerprint density at radius 3 is 2.41 bits per heavy atom. The van der Waals surface area contributed by atoms with Crippen LogP contribution in [0.15, 0.2) is 76.8 Å². The Kier molecular flexibility index (Phi) is 9.20. The molecule has 0 spiro atoms. The molecule has 228 valence electrons. The average molecular weight is 597 g/mol. The summed E-state index contributed by atoms with van der Waals surface area (Å²) in [5.74, 6) is 0.00444. The molecular formula is C32H36N8O4. The predicted octanol–water partition coefficient (Wildman–Crippen LogP) is 4.09. The van der Waals surface area contributed by atoms with E-state index in [4.69, 9.17) is 5.73 Å². The zero-order valence-corrected chi connectivity index (χ0v) is 24.7. The Balaban J connectivity index is 1.42. The molecule has 1 fully saturated rings. The highest BCUT2D eigenvalue weighted by molar-refractivity contribution is 6.02. The van der Waals surface area contributed by atoms with Gasteiger partial charge in [0, 0.05) is 24.2 Å². The molecule has 0 unspecified atom stereocenters. The van der Waals surface area contributed by atoms with Crippen molar-refractivity contribution in [2.24, 2.45) is 16.6 Å². The number of amides is 2. The molecule has 0 aliphatic heterocycles. The summed E-state index contributed by atoms with van der Waals surface area (Å²) in [6.45, 7) is 2.01. The van der Waals surface area contributed by atoms with Gasteiger partial charge in [0.25, 0.3) is 5.56 Å². The van der Waals surface area contributed by atoms with E-state index in [1.807, 2.05) is 62.6 Å². The zero-order valence-electron chi connectivity index (χ0n) is 24.7. The van der Waals surface area contributed by atoms with Crippen LogP contribution < -0.4 is 21.9 Å². The van der Waals surface area contributed by atoms with Gasteiger partial charge in [-0.2, -0.15) is 5.10 Å². The highest BCUT2D eigenvalue weighted by Gasteiger charge is 2.24. The standard InChI is InChI=1S/C32H36N8O4/c1-39(2)13-5-12-35-30(33)24-9-4-7-22(15-24)21-6-3-8-23(14-21)25-16-26(31(43)40(38-25)19-20-10-11-20)36-32(44)37-29-27(41)17-34-18-28(29)42/h3-4,6-9,14-18,20,41-42H,5,10-13,19H2,1-2H3,(H2,33,35)(H2,34,36,37,44). The molecule has 1 aliphatic rings. The SMILES string of the molecule is CN(C)CCCN=C(N)c1cccc(-c2cccc(-c3cc(NC(=O)Nc4c(O)cncc4O)c(=O)n(CC4CC4)n3)c2)c1. The Morgan fingerprint density at radius 1 is 1.02 bits per heavy atom. The lowest BCUT2D eigenvalue weighted by atomic mass is 9.99. The van der Waals surface area contributed by atoms with Crippen LogP contribution in [0.4, 0.5) is 16.2 Å². The molecule has 44 heavy (non-hydrogen) atoms. The summed E-state index contributed by atoms with van der Waals surface area (Å²) in [5, 5.41) is 29.5. The van der Waals surface area contributed by atoms with Crippen molar-refractivity contribution >= 4 is 23.2 Å². The summed E-state index contributed by atoms with van der Waals surface area (Å²) in [6, 6.07) is 16.3. The molecule has 12 nitrogen and oxygen atoms in total. The van der Waals surface area contributed by atoms with Crippen molar-refractivity contribution in [1.29, 1.82) is 0 Å². The number of aromatic hydroxyl groups is 2. The second kappa shape index (κ2) is 13.4. The number of benzene rings is 2. The molecule has 5 rings (SSSR count). The number of amidine groups is 1. The average Bonchev–Trinajstić information content (AvgIpc) is 3.83. The van der Waals surface area contributed by atoms with Crippen LogP contribution >= 0.6 is 0 Å². The second-order valence-electron chi connectivity index (χ2n) is 11.1. The lowest BCUT2D eigenvalue weighted by Gasteiger charge is -2.13. The second-order valence-corrected chi connectivity index (χ2v) is 11.1. The van der Waals surface area contributed by atoms with E-state index in [1.165, 1.54) is 10.7 Å². The molecule has 2 aromatic heterocycles. The number of anilines is 2. The van der Waals surface area contributed by atoms with Crippen LogP contribution in [0.2, 0.25) is 0 Å². The number of urea groups is 1. The molecule has 2 aromatic carbocycles. The number of hydrogen-bond donors (Lipinski definition) is 5. The number of aliphatic imine (C=N–C) groups is 1. The van der Waals surface area contributed by atoms with E-state index in [9.17, 15) is 19.8 Å². The molecule has 12 heteroatoms. The topological polar surface area (TPSA) is 171 Å². The van der Waals surface area contributed by atoms with E-state index in [0.717, 1.165) is 60.5 Å². The lowest BCUT2D eigenvalue weighted by molar-refractivity contribution is 0.262. The third-order valence-corrected chi connectivity index (χ3v) is 7.19. The fraction of sp³-hybridized carbons (Fsp3) is 0.281. The van der Waals surface area contributed by atoms with Crippen molar-refractivity contribution in [1.82, 2.24) is 19.7 Å². The van der Waals surface area contributed by atoms with Crippen molar-refractivity contribution in [2.75, 3.05) is 37.8 Å². The summed E-state index contributed by atoms with van der Waals surface area (Å²) < 4.78 is 1.38. The fourth-order valence-electron chi connectivity index (χ4n) is 4.67. The summed E-state index contributed by atoms with van der Waals surface area (Å²) in [4.78, 5) is 36.4. The zero-order chi connectivity index (χ0) is 31.2. The van der Waals surface area contributed by atoms with Gasteiger partial charge in [-0.25, -0.2) is 9.48 Å². The van der Waals surface area contributed by atoms with Crippen LogP contribution in [0.1, 0.15) is 24.8 Å². The number of hydrogen-bond acceptors (Lipinski definition) is 8. The Bertz CT molecular complexity index is 1730. The highest BCUT2D eigenvalue weighted by atomic mass is 16.3. The van der Waals surface area contributed by atoms with Gasteiger partial charge in [-0.3, -0.25) is 14.8 Å². The highest BCUT2D eigenvalue weighted by Crippen LogP contribution is 2.32. The Labute approximate surface area is 254 Å². The molecule has 0 bridgehead atoms. The van der Waals surface area contributed by atoms with Gasteiger partial charge < -0.3 is 31.5 Å². The minimum atomic E-state index is -0.819. The lowest BCUT2D eigenvalue weighted by Crippen LogP contribution is -2.30. The first-order chi connectivity index (χ1) is 21.2. The fourth-order valence-corrected chi connectivity index (χ4v) is 4.67. The van der Waals surface area contributed by atoms with Gasteiger partial charge in [0.1, 0.15) is 17.2 Å². The van der Waals surface area contributed by atoms with Crippen LogP contribution in [0.25, 0.3) is 22.4 Å². The molecule has 2 amide bonds. The van der Waals surface area contributed by atoms with Gasteiger partial charge >= 0.3 is 6.03 Å². The molecule has 6 N–H and O–H groups in total. The van der Waals surface area contributed by atoms with E-state index in [2.05, 4.69) is 30.6 Å².